The van der Waals surface area contributed by atoms with Crippen molar-refractivity contribution in [2.75, 3.05) is 11.7 Å². The Bertz CT molecular complexity index is 302. The van der Waals surface area contributed by atoms with Gasteiger partial charge in [-0.05, 0) is 17.4 Å². The van der Waals surface area contributed by atoms with E-state index < -0.39 is 0 Å². The Morgan fingerprint density at radius 2 is 2.07 bits per heavy atom. The van der Waals surface area contributed by atoms with Crippen LogP contribution in [-0.4, -0.2) is 17.8 Å². The summed E-state index contributed by atoms with van der Waals surface area (Å²) in [5.41, 5.74) is 1.65. The van der Waals surface area contributed by atoms with Crippen molar-refractivity contribution in [2.45, 2.75) is 26.4 Å². The van der Waals surface area contributed by atoms with E-state index >= 15 is 0 Å². The molecule has 0 N–H and O–H groups in total. The van der Waals surface area contributed by atoms with Crippen molar-refractivity contribution < 1.29 is 4.74 Å². The Kier molecular flexibility index (Phi) is 3.37. The molecule has 1 aromatic rings. The molecule has 1 atom stereocenters. The van der Waals surface area contributed by atoms with Gasteiger partial charge in [-0.1, -0.05) is 44.2 Å². The van der Waals surface area contributed by atoms with Gasteiger partial charge in [0.25, 0.3) is 0 Å². The van der Waals surface area contributed by atoms with Gasteiger partial charge in [-0.15, -0.1) is 11.8 Å². The zero-order valence-electron chi connectivity index (χ0n) is 9.40. The standard InChI is InChI=1S/C13H18OS/c1-13(2,12-9-15-10-14-12)8-11-6-4-3-5-7-11/h3-7,12H,8-10H2,1-2H3. The van der Waals surface area contributed by atoms with Crippen LogP contribution in [0.4, 0.5) is 0 Å². The molecule has 1 nitrogen and oxygen atoms in total. The quantitative estimate of drug-likeness (QED) is 0.775. The van der Waals surface area contributed by atoms with E-state index in [-0.39, 0.29) is 5.41 Å². The van der Waals surface area contributed by atoms with Gasteiger partial charge in [-0.25, -0.2) is 0 Å². The number of ether oxygens (including phenoxy) is 1. The molecular weight excluding hydrogens is 204 g/mol. The van der Waals surface area contributed by atoms with Crippen molar-refractivity contribution >= 4 is 11.8 Å². The van der Waals surface area contributed by atoms with Crippen LogP contribution in [0.25, 0.3) is 0 Å². The second-order valence-electron chi connectivity index (χ2n) is 4.79. The van der Waals surface area contributed by atoms with Crippen molar-refractivity contribution in [3.8, 4) is 0 Å². The summed E-state index contributed by atoms with van der Waals surface area (Å²) in [7, 11) is 0. The molecule has 0 radical (unpaired) electrons. The van der Waals surface area contributed by atoms with Gasteiger partial charge in [-0.3, -0.25) is 0 Å². The lowest BCUT2D eigenvalue weighted by Gasteiger charge is -2.30. The molecule has 0 bridgehead atoms. The first-order valence-electron chi connectivity index (χ1n) is 5.42. The SMILES string of the molecule is CC(C)(Cc1ccccc1)C1CSCO1. The fourth-order valence-electron chi connectivity index (χ4n) is 2.02. The third-order valence-corrected chi connectivity index (χ3v) is 3.84. The molecule has 1 heterocycles. The number of rotatable bonds is 3. The molecule has 0 aromatic heterocycles. The minimum Gasteiger partial charge on any atom is -0.366 e. The van der Waals surface area contributed by atoms with Gasteiger partial charge in [-0.2, -0.15) is 0 Å². The average Bonchev–Trinajstić information content (AvgIpc) is 2.71. The molecule has 1 aliphatic heterocycles. The van der Waals surface area contributed by atoms with Crippen LogP contribution >= 0.6 is 11.8 Å². The molecule has 1 saturated heterocycles. The molecule has 0 aliphatic carbocycles. The predicted octanol–water partition coefficient (Wildman–Crippen LogP) is 3.34. The highest BCUT2D eigenvalue weighted by Gasteiger charge is 2.33. The second kappa shape index (κ2) is 4.58. The number of thioether (sulfide) groups is 1. The summed E-state index contributed by atoms with van der Waals surface area (Å²) >= 11 is 1.90. The maximum absolute atomic E-state index is 5.75. The van der Waals surface area contributed by atoms with Crippen LogP contribution in [0, 0.1) is 5.41 Å². The fraction of sp³-hybridized carbons (Fsp3) is 0.538. The summed E-state index contributed by atoms with van der Waals surface area (Å²) in [6, 6.07) is 10.7. The summed E-state index contributed by atoms with van der Waals surface area (Å²) in [6.07, 6.45) is 1.50. The van der Waals surface area contributed by atoms with E-state index in [9.17, 15) is 0 Å². The number of benzene rings is 1. The summed E-state index contributed by atoms with van der Waals surface area (Å²) in [6.45, 7) is 4.60. The monoisotopic (exact) mass is 222 g/mol. The van der Waals surface area contributed by atoms with Crippen LogP contribution in [0.5, 0.6) is 0 Å². The van der Waals surface area contributed by atoms with Gasteiger partial charge >= 0.3 is 0 Å². The number of hydrogen-bond donors (Lipinski definition) is 0. The molecule has 0 amide bonds. The minimum absolute atomic E-state index is 0.241. The molecule has 2 heteroatoms. The van der Waals surface area contributed by atoms with E-state index in [0.29, 0.717) is 6.10 Å². The maximum atomic E-state index is 5.75. The third kappa shape index (κ3) is 2.76. The van der Waals surface area contributed by atoms with Gasteiger partial charge in [0.15, 0.2) is 0 Å². The summed E-state index contributed by atoms with van der Waals surface area (Å²) in [5.74, 6) is 2.00. The first-order chi connectivity index (χ1) is 7.18. The van der Waals surface area contributed by atoms with E-state index in [1.807, 2.05) is 11.8 Å². The molecule has 82 valence electrons. The highest BCUT2D eigenvalue weighted by Crippen LogP contribution is 2.34. The van der Waals surface area contributed by atoms with Crippen LogP contribution in [-0.2, 0) is 11.2 Å². The first kappa shape index (κ1) is 11.0. The molecule has 1 aromatic carbocycles. The van der Waals surface area contributed by atoms with E-state index in [1.165, 1.54) is 5.56 Å². The highest BCUT2D eigenvalue weighted by molar-refractivity contribution is 7.99. The molecule has 1 unspecified atom stereocenters. The zero-order valence-corrected chi connectivity index (χ0v) is 10.2. The van der Waals surface area contributed by atoms with Crippen LogP contribution < -0.4 is 0 Å². The second-order valence-corrected chi connectivity index (χ2v) is 5.77. The largest absolute Gasteiger partial charge is 0.366 e. The lowest BCUT2D eigenvalue weighted by Crippen LogP contribution is -2.32. The van der Waals surface area contributed by atoms with Crippen LogP contribution in [0.15, 0.2) is 30.3 Å². The van der Waals surface area contributed by atoms with E-state index in [2.05, 4.69) is 44.2 Å². The van der Waals surface area contributed by atoms with Crippen LogP contribution in [0.3, 0.4) is 0 Å². The maximum Gasteiger partial charge on any atom is 0.0926 e. The number of hydrogen-bond acceptors (Lipinski definition) is 2. The van der Waals surface area contributed by atoms with Crippen LogP contribution in [0.2, 0.25) is 0 Å². The van der Waals surface area contributed by atoms with Crippen molar-refractivity contribution in [2.24, 2.45) is 5.41 Å². The molecule has 15 heavy (non-hydrogen) atoms. The van der Waals surface area contributed by atoms with E-state index in [1.54, 1.807) is 0 Å². The lowest BCUT2D eigenvalue weighted by molar-refractivity contribution is 0.0281. The predicted molar refractivity (Wildman–Crippen MR) is 66.1 cm³/mol. The van der Waals surface area contributed by atoms with Crippen molar-refractivity contribution in [3.05, 3.63) is 35.9 Å². The van der Waals surface area contributed by atoms with Gasteiger partial charge < -0.3 is 4.74 Å². The van der Waals surface area contributed by atoms with E-state index in [0.717, 1.165) is 18.1 Å². The fourth-order valence-corrected chi connectivity index (χ4v) is 3.14. The molecule has 1 aliphatic rings. The summed E-state index contributed by atoms with van der Waals surface area (Å²) in [4.78, 5) is 0. The molecular formula is C13H18OS. The molecule has 0 spiro atoms. The minimum atomic E-state index is 0.241. The molecule has 0 saturated carbocycles. The average molecular weight is 222 g/mol. The first-order valence-corrected chi connectivity index (χ1v) is 6.57. The van der Waals surface area contributed by atoms with Crippen LogP contribution in [0.1, 0.15) is 19.4 Å². The molecule has 2 rings (SSSR count). The highest BCUT2D eigenvalue weighted by atomic mass is 32.2. The Labute approximate surface area is 96.2 Å². The molecule has 1 fully saturated rings. The Morgan fingerprint density at radius 1 is 1.33 bits per heavy atom. The Hall–Kier alpha value is -0.470. The lowest BCUT2D eigenvalue weighted by atomic mass is 9.81. The van der Waals surface area contributed by atoms with Crippen molar-refractivity contribution in [1.82, 2.24) is 0 Å². The Morgan fingerprint density at radius 3 is 2.67 bits per heavy atom. The van der Waals surface area contributed by atoms with Gasteiger partial charge in [0.2, 0.25) is 0 Å². The summed E-state index contributed by atoms with van der Waals surface area (Å²) < 4.78 is 5.75. The van der Waals surface area contributed by atoms with E-state index in [4.69, 9.17) is 4.74 Å². The van der Waals surface area contributed by atoms with Crippen molar-refractivity contribution in [1.29, 1.82) is 0 Å². The van der Waals surface area contributed by atoms with Crippen molar-refractivity contribution in [3.63, 3.8) is 0 Å². The summed E-state index contributed by atoms with van der Waals surface area (Å²) in [5, 5.41) is 0. The van der Waals surface area contributed by atoms with Gasteiger partial charge in [0.05, 0.1) is 12.0 Å². The zero-order chi connectivity index (χ0) is 10.7. The topological polar surface area (TPSA) is 9.23 Å². The third-order valence-electron chi connectivity index (χ3n) is 3.00. The smallest absolute Gasteiger partial charge is 0.0926 e. The van der Waals surface area contributed by atoms with Gasteiger partial charge in [0.1, 0.15) is 0 Å². The Balaban J connectivity index is 2.03. The van der Waals surface area contributed by atoms with Gasteiger partial charge in [0, 0.05) is 5.75 Å². The normalized spacial score (nSPS) is 21.9.